The molecule has 1 fully saturated rings. The lowest BCUT2D eigenvalue weighted by Gasteiger charge is -2.15. The summed E-state index contributed by atoms with van der Waals surface area (Å²) in [5.41, 5.74) is 0. The first-order valence-corrected chi connectivity index (χ1v) is 5.60. The Hall–Kier alpha value is -0.940. The summed E-state index contributed by atoms with van der Waals surface area (Å²) in [6.45, 7) is 8.45. The third kappa shape index (κ3) is 2.59. The van der Waals surface area contributed by atoms with Gasteiger partial charge in [0.15, 0.2) is 17.7 Å². The molecule has 0 spiro atoms. The molecule has 1 atom stereocenters. The number of ether oxygens (including phenoxy) is 2. The smallest absolute Gasteiger partial charge is 0.258 e. The van der Waals surface area contributed by atoms with Gasteiger partial charge in [-0.05, 0) is 19.8 Å². The van der Waals surface area contributed by atoms with Crippen molar-refractivity contribution in [3.8, 4) is 0 Å². The van der Waals surface area contributed by atoms with Crippen LogP contribution in [0, 0.1) is 5.92 Å². The molecular weight excluding hydrogens is 208 g/mol. The van der Waals surface area contributed by atoms with Crippen molar-refractivity contribution in [2.75, 3.05) is 6.61 Å². The molecule has 2 heterocycles. The van der Waals surface area contributed by atoms with E-state index in [4.69, 9.17) is 14.0 Å². The van der Waals surface area contributed by atoms with E-state index in [0.717, 1.165) is 12.2 Å². The average Bonchev–Trinajstić information content (AvgIpc) is 2.71. The van der Waals surface area contributed by atoms with Crippen LogP contribution >= 0.6 is 0 Å². The Morgan fingerprint density at radius 2 is 2.19 bits per heavy atom. The van der Waals surface area contributed by atoms with E-state index in [-0.39, 0.29) is 6.10 Å². The van der Waals surface area contributed by atoms with Crippen LogP contribution in [0.3, 0.4) is 0 Å². The quantitative estimate of drug-likeness (QED) is 0.789. The lowest BCUT2D eigenvalue weighted by atomic mass is 10.1. The molecule has 0 amide bonds. The van der Waals surface area contributed by atoms with Gasteiger partial charge in [0.25, 0.3) is 5.89 Å². The van der Waals surface area contributed by atoms with Gasteiger partial charge in [0.05, 0.1) is 6.61 Å². The molecule has 1 aromatic heterocycles. The maximum Gasteiger partial charge on any atom is 0.258 e. The van der Waals surface area contributed by atoms with Crippen LogP contribution < -0.4 is 0 Å². The molecular formula is C11H18N2O3. The third-order valence-electron chi connectivity index (χ3n) is 2.36. The Bertz CT molecular complexity index is 360. The van der Waals surface area contributed by atoms with E-state index in [1.807, 2.05) is 13.8 Å². The second-order valence-corrected chi connectivity index (χ2v) is 4.96. The minimum Gasteiger partial charge on any atom is -0.347 e. The zero-order chi connectivity index (χ0) is 11.8. The minimum absolute atomic E-state index is 0.233. The summed E-state index contributed by atoms with van der Waals surface area (Å²) in [7, 11) is 0. The molecule has 0 unspecified atom stereocenters. The van der Waals surface area contributed by atoms with Gasteiger partial charge in [-0.2, -0.15) is 4.98 Å². The van der Waals surface area contributed by atoms with Crippen LogP contribution in [0.5, 0.6) is 0 Å². The Morgan fingerprint density at radius 1 is 1.44 bits per heavy atom. The molecule has 90 valence electrons. The zero-order valence-electron chi connectivity index (χ0n) is 10.2. The average molecular weight is 226 g/mol. The fourth-order valence-electron chi connectivity index (χ4n) is 1.66. The molecule has 1 aliphatic heterocycles. The topological polar surface area (TPSA) is 57.4 Å². The summed E-state index contributed by atoms with van der Waals surface area (Å²) in [6.07, 6.45) is 0.587. The van der Waals surface area contributed by atoms with E-state index >= 15 is 0 Å². The fourth-order valence-corrected chi connectivity index (χ4v) is 1.66. The summed E-state index contributed by atoms with van der Waals surface area (Å²) >= 11 is 0. The SMILES string of the molecule is CC(C)Cc1noc([C@H]2COC(C)(C)O2)n1. The molecule has 5 nitrogen and oxygen atoms in total. The molecule has 5 heteroatoms. The predicted octanol–water partition coefficient (Wildman–Crippen LogP) is 2.09. The zero-order valence-corrected chi connectivity index (χ0v) is 10.2. The Morgan fingerprint density at radius 3 is 2.75 bits per heavy atom. The van der Waals surface area contributed by atoms with Gasteiger partial charge in [0, 0.05) is 6.42 Å². The molecule has 0 N–H and O–H groups in total. The van der Waals surface area contributed by atoms with Gasteiger partial charge in [-0.25, -0.2) is 0 Å². The number of hydrogen-bond acceptors (Lipinski definition) is 5. The highest BCUT2D eigenvalue weighted by Gasteiger charge is 2.36. The largest absolute Gasteiger partial charge is 0.347 e. The molecule has 0 aromatic carbocycles. The van der Waals surface area contributed by atoms with Crippen LogP contribution in [-0.2, 0) is 15.9 Å². The Kier molecular flexibility index (Phi) is 2.99. The molecule has 0 radical (unpaired) electrons. The lowest BCUT2D eigenvalue weighted by Crippen LogP contribution is -2.19. The van der Waals surface area contributed by atoms with E-state index in [0.29, 0.717) is 18.4 Å². The van der Waals surface area contributed by atoms with Crippen molar-refractivity contribution in [2.24, 2.45) is 5.92 Å². The van der Waals surface area contributed by atoms with Gasteiger partial charge in [-0.1, -0.05) is 19.0 Å². The summed E-state index contributed by atoms with van der Waals surface area (Å²) < 4.78 is 16.3. The second-order valence-electron chi connectivity index (χ2n) is 4.96. The van der Waals surface area contributed by atoms with E-state index in [9.17, 15) is 0 Å². The summed E-state index contributed by atoms with van der Waals surface area (Å²) in [6, 6.07) is 0. The third-order valence-corrected chi connectivity index (χ3v) is 2.36. The number of aromatic nitrogens is 2. The van der Waals surface area contributed by atoms with E-state index in [1.54, 1.807) is 0 Å². The molecule has 1 aliphatic rings. The van der Waals surface area contributed by atoms with Crippen molar-refractivity contribution >= 4 is 0 Å². The molecule has 1 saturated heterocycles. The van der Waals surface area contributed by atoms with Gasteiger partial charge in [0.1, 0.15) is 0 Å². The van der Waals surface area contributed by atoms with Gasteiger partial charge in [0.2, 0.25) is 0 Å². The molecule has 0 aliphatic carbocycles. The first-order valence-electron chi connectivity index (χ1n) is 5.60. The second kappa shape index (κ2) is 4.14. The van der Waals surface area contributed by atoms with Crippen LogP contribution in [0.1, 0.15) is 45.5 Å². The maximum absolute atomic E-state index is 5.63. The van der Waals surface area contributed by atoms with Crippen LogP contribution in [0.4, 0.5) is 0 Å². The van der Waals surface area contributed by atoms with Crippen molar-refractivity contribution in [2.45, 2.75) is 46.0 Å². The molecule has 1 aromatic rings. The van der Waals surface area contributed by atoms with Crippen molar-refractivity contribution in [1.29, 1.82) is 0 Å². The number of hydrogen-bond donors (Lipinski definition) is 0. The summed E-state index contributed by atoms with van der Waals surface area (Å²) in [5.74, 6) is 1.21. The van der Waals surface area contributed by atoms with Gasteiger partial charge < -0.3 is 14.0 Å². The van der Waals surface area contributed by atoms with E-state index in [1.165, 1.54) is 0 Å². The van der Waals surface area contributed by atoms with Gasteiger partial charge in [-0.15, -0.1) is 0 Å². The van der Waals surface area contributed by atoms with Crippen LogP contribution in [0.2, 0.25) is 0 Å². The molecule has 0 bridgehead atoms. The van der Waals surface area contributed by atoms with Crippen molar-refractivity contribution < 1.29 is 14.0 Å². The summed E-state index contributed by atoms with van der Waals surface area (Å²) in [5, 5.41) is 3.93. The molecule has 16 heavy (non-hydrogen) atoms. The first-order chi connectivity index (χ1) is 7.46. The lowest BCUT2D eigenvalue weighted by molar-refractivity contribution is -0.141. The normalized spacial score (nSPS) is 24.2. The Balaban J connectivity index is 2.03. The van der Waals surface area contributed by atoms with Crippen LogP contribution in [-0.4, -0.2) is 22.5 Å². The van der Waals surface area contributed by atoms with E-state index in [2.05, 4.69) is 24.0 Å². The summed E-state index contributed by atoms with van der Waals surface area (Å²) in [4.78, 5) is 4.32. The van der Waals surface area contributed by atoms with Crippen LogP contribution in [0.15, 0.2) is 4.52 Å². The standard InChI is InChI=1S/C11H18N2O3/c1-7(2)5-9-12-10(16-13-9)8-6-14-11(3,4)15-8/h7-8H,5-6H2,1-4H3/t8-/m1/s1. The minimum atomic E-state index is -0.558. The first kappa shape index (κ1) is 11.5. The Labute approximate surface area is 95.1 Å². The maximum atomic E-state index is 5.63. The van der Waals surface area contributed by atoms with Crippen LogP contribution in [0.25, 0.3) is 0 Å². The highest BCUT2D eigenvalue weighted by Crippen LogP contribution is 2.31. The van der Waals surface area contributed by atoms with E-state index < -0.39 is 5.79 Å². The van der Waals surface area contributed by atoms with Crippen molar-refractivity contribution in [3.63, 3.8) is 0 Å². The number of nitrogens with zero attached hydrogens (tertiary/aromatic N) is 2. The van der Waals surface area contributed by atoms with Crippen molar-refractivity contribution in [1.82, 2.24) is 10.1 Å². The predicted molar refractivity (Wildman–Crippen MR) is 56.7 cm³/mol. The highest BCUT2D eigenvalue weighted by atomic mass is 16.7. The fraction of sp³-hybridized carbons (Fsp3) is 0.818. The molecule has 0 saturated carbocycles. The van der Waals surface area contributed by atoms with Gasteiger partial charge >= 0.3 is 0 Å². The van der Waals surface area contributed by atoms with Gasteiger partial charge in [-0.3, -0.25) is 0 Å². The monoisotopic (exact) mass is 226 g/mol. The van der Waals surface area contributed by atoms with Crippen molar-refractivity contribution in [3.05, 3.63) is 11.7 Å². The highest BCUT2D eigenvalue weighted by molar-refractivity contribution is 4.93. The number of rotatable bonds is 3. The molecule has 2 rings (SSSR count).